The van der Waals surface area contributed by atoms with Crippen molar-refractivity contribution >= 4 is 7.82 Å². The zero-order valence-corrected chi connectivity index (χ0v) is 8.28. The number of hydrogen-bond acceptors (Lipinski definition) is 2. The molecule has 0 fully saturated rings. The Labute approximate surface area is 76.4 Å². The molecule has 0 spiro atoms. The first-order valence-electron chi connectivity index (χ1n) is 3.71. The van der Waals surface area contributed by atoms with Crippen molar-refractivity contribution in [3.63, 3.8) is 0 Å². The molecule has 1 aromatic carbocycles. The summed E-state index contributed by atoms with van der Waals surface area (Å²) >= 11 is 0. The zero-order valence-electron chi connectivity index (χ0n) is 7.39. The summed E-state index contributed by atoms with van der Waals surface area (Å²) in [5.74, 6) is 0.230. The van der Waals surface area contributed by atoms with E-state index in [0.29, 0.717) is 5.56 Å². The smallest absolute Gasteiger partial charge is 0.404 e. The normalized spacial score (nSPS) is 11.4. The van der Waals surface area contributed by atoms with Crippen LogP contribution in [0.2, 0.25) is 0 Å². The van der Waals surface area contributed by atoms with Crippen LogP contribution in [0.4, 0.5) is 0 Å². The van der Waals surface area contributed by atoms with Crippen LogP contribution in [-0.4, -0.2) is 9.79 Å². The Morgan fingerprint density at radius 3 is 2.46 bits per heavy atom. The molecule has 4 nitrogen and oxygen atoms in total. The second-order valence-corrected chi connectivity index (χ2v) is 4.01. The summed E-state index contributed by atoms with van der Waals surface area (Å²) in [5.41, 5.74) is 1.60. The van der Waals surface area contributed by atoms with Crippen molar-refractivity contribution in [1.29, 1.82) is 0 Å². The molecule has 13 heavy (non-hydrogen) atoms. The minimum absolute atomic E-state index is 0.230. The van der Waals surface area contributed by atoms with Gasteiger partial charge in [-0.3, -0.25) is 9.79 Å². The molecule has 0 unspecified atom stereocenters. The van der Waals surface area contributed by atoms with Crippen molar-refractivity contribution in [3.05, 3.63) is 29.3 Å². The molecule has 0 aliphatic heterocycles. The van der Waals surface area contributed by atoms with Crippen molar-refractivity contribution in [2.24, 2.45) is 0 Å². The van der Waals surface area contributed by atoms with Gasteiger partial charge in [0.05, 0.1) is 0 Å². The Hall–Kier alpha value is -0.830. The Morgan fingerprint density at radius 2 is 1.92 bits per heavy atom. The van der Waals surface area contributed by atoms with E-state index in [1.165, 1.54) is 0 Å². The van der Waals surface area contributed by atoms with E-state index in [2.05, 4.69) is 4.52 Å². The van der Waals surface area contributed by atoms with Crippen LogP contribution in [0, 0.1) is 13.8 Å². The van der Waals surface area contributed by atoms with Crippen molar-refractivity contribution in [3.8, 4) is 5.75 Å². The standard InChI is InChI=1S/C8H11O4P/c1-6-3-4-7(2)8(5-6)12-13(9,10)11/h3-5H,1-2H3,(H2,9,10,11). The average molecular weight is 202 g/mol. The molecular formula is C8H11O4P. The lowest BCUT2D eigenvalue weighted by Gasteiger charge is -2.09. The predicted octanol–water partition coefficient (Wildman–Crippen LogP) is 1.77. The number of rotatable bonds is 2. The van der Waals surface area contributed by atoms with E-state index in [-0.39, 0.29) is 5.75 Å². The third-order valence-electron chi connectivity index (χ3n) is 1.56. The molecule has 1 aromatic rings. The van der Waals surface area contributed by atoms with E-state index < -0.39 is 7.82 Å². The first-order chi connectivity index (χ1) is 5.88. The van der Waals surface area contributed by atoms with Gasteiger partial charge in [-0.25, -0.2) is 4.57 Å². The molecule has 0 aliphatic rings. The molecule has 2 N–H and O–H groups in total. The minimum atomic E-state index is -4.43. The lowest BCUT2D eigenvalue weighted by molar-refractivity contribution is 0.282. The molecular weight excluding hydrogens is 191 g/mol. The molecule has 0 bridgehead atoms. The van der Waals surface area contributed by atoms with E-state index in [0.717, 1.165) is 5.56 Å². The van der Waals surface area contributed by atoms with Crippen LogP contribution in [0.1, 0.15) is 11.1 Å². The van der Waals surface area contributed by atoms with Crippen molar-refractivity contribution in [2.75, 3.05) is 0 Å². The first-order valence-corrected chi connectivity index (χ1v) is 5.24. The van der Waals surface area contributed by atoms with Crippen LogP contribution in [0.25, 0.3) is 0 Å². The fourth-order valence-electron chi connectivity index (χ4n) is 0.934. The first kappa shape index (κ1) is 10.3. The quantitative estimate of drug-likeness (QED) is 0.717. The molecule has 0 atom stereocenters. The van der Waals surface area contributed by atoms with Gasteiger partial charge in [-0.1, -0.05) is 12.1 Å². The summed E-state index contributed by atoms with van der Waals surface area (Å²) in [6.07, 6.45) is 0. The molecule has 0 heterocycles. The van der Waals surface area contributed by atoms with Crippen LogP contribution in [0.3, 0.4) is 0 Å². The Kier molecular flexibility index (Phi) is 2.76. The van der Waals surface area contributed by atoms with Gasteiger partial charge < -0.3 is 4.52 Å². The molecule has 0 saturated carbocycles. The van der Waals surface area contributed by atoms with Crippen LogP contribution in [-0.2, 0) is 4.57 Å². The van der Waals surface area contributed by atoms with Crippen LogP contribution in [0.15, 0.2) is 18.2 Å². The maximum Gasteiger partial charge on any atom is 0.524 e. The van der Waals surface area contributed by atoms with Crippen molar-refractivity contribution < 1.29 is 18.9 Å². The summed E-state index contributed by atoms with van der Waals surface area (Å²) in [6, 6.07) is 5.19. The summed E-state index contributed by atoms with van der Waals surface area (Å²) in [4.78, 5) is 17.2. The van der Waals surface area contributed by atoms with E-state index in [1.807, 2.05) is 13.0 Å². The third-order valence-corrected chi connectivity index (χ3v) is 2.00. The molecule has 0 aromatic heterocycles. The lowest BCUT2D eigenvalue weighted by Crippen LogP contribution is -1.92. The summed E-state index contributed by atoms with van der Waals surface area (Å²) < 4.78 is 15.0. The highest BCUT2D eigenvalue weighted by Crippen LogP contribution is 2.39. The SMILES string of the molecule is Cc1ccc(C)c(OP(=O)(O)O)c1. The van der Waals surface area contributed by atoms with Gasteiger partial charge in [0.25, 0.3) is 0 Å². The molecule has 0 saturated heterocycles. The van der Waals surface area contributed by atoms with Gasteiger partial charge in [0.15, 0.2) is 0 Å². The van der Waals surface area contributed by atoms with E-state index >= 15 is 0 Å². The van der Waals surface area contributed by atoms with Gasteiger partial charge in [-0.05, 0) is 31.0 Å². The number of phosphoric acid groups is 1. The molecule has 0 amide bonds. The second-order valence-electron chi connectivity index (χ2n) is 2.85. The maximum atomic E-state index is 10.5. The van der Waals surface area contributed by atoms with Gasteiger partial charge in [0.1, 0.15) is 5.75 Å². The highest BCUT2D eigenvalue weighted by atomic mass is 31.2. The van der Waals surface area contributed by atoms with E-state index in [1.54, 1.807) is 19.1 Å². The van der Waals surface area contributed by atoms with E-state index in [9.17, 15) is 4.57 Å². The number of benzene rings is 1. The highest BCUT2D eigenvalue weighted by Gasteiger charge is 2.16. The number of hydrogen-bond donors (Lipinski definition) is 2. The van der Waals surface area contributed by atoms with Gasteiger partial charge in [-0.15, -0.1) is 0 Å². The second kappa shape index (κ2) is 3.50. The maximum absolute atomic E-state index is 10.5. The van der Waals surface area contributed by atoms with Gasteiger partial charge >= 0.3 is 7.82 Å². The zero-order chi connectivity index (χ0) is 10.1. The summed E-state index contributed by atoms with van der Waals surface area (Å²) in [6.45, 7) is 3.55. The van der Waals surface area contributed by atoms with Crippen LogP contribution in [0.5, 0.6) is 5.75 Å². The molecule has 1 rings (SSSR count). The Bertz CT molecular complexity index is 355. The molecule has 0 aliphatic carbocycles. The molecule has 0 radical (unpaired) electrons. The van der Waals surface area contributed by atoms with Crippen LogP contribution >= 0.6 is 7.82 Å². The van der Waals surface area contributed by atoms with Crippen molar-refractivity contribution in [1.82, 2.24) is 0 Å². The monoisotopic (exact) mass is 202 g/mol. The number of aryl methyl sites for hydroxylation is 2. The topological polar surface area (TPSA) is 66.8 Å². The number of phosphoric ester groups is 1. The van der Waals surface area contributed by atoms with Crippen molar-refractivity contribution in [2.45, 2.75) is 13.8 Å². The predicted molar refractivity (Wildman–Crippen MR) is 48.6 cm³/mol. The lowest BCUT2D eigenvalue weighted by atomic mass is 10.1. The van der Waals surface area contributed by atoms with Gasteiger partial charge in [-0.2, -0.15) is 0 Å². The van der Waals surface area contributed by atoms with Crippen LogP contribution < -0.4 is 4.52 Å². The fourth-order valence-corrected chi connectivity index (χ4v) is 1.39. The third kappa shape index (κ3) is 3.19. The Balaban J connectivity index is 3.01. The summed E-state index contributed by atoms with van der Waals surface area (Å²) in [5, 5.41) is 0. The fraction of sp³-hybridized carbons (Fsp3) is 0.250. The summed E-state index contributed by atoms with van der Waals surface area (Å²) in [7, 11) is -4.43. The minimum Gasteiger partial charge on any atom is -0.404 e. The highest BCUT2D eigenvalue weighted by molar-refractivity contribution is 7.46. The van der Waals surface area contributed by atoms with Gasteiger partial charge in [0, 0.05) is 0 Å². The average Bonchev–Trinajstić information content (AvgIpc) is 1.94. The molecule has 72 valence electrons. The molecule has 5 heteroatoms. The van der Waals surface area contributed by atoms with Gasteiger partial charge in [0.2, 0.25) is 0 Å². The van der Waals surface area contributed by atoms with E-state index in [4.69, 9.17) is 9.79 Å². The largest absolute Gasteiger partial charge is 0.524 e. The Morgan fingerprint density at radius 1 is 1.31 bits per heavy atom.